The van der Waals surface area contributed by atoms with Crippen LogP contribution in [-0.2, 0) is 0 Å². The number of rotatable bonds is 10. The zero-order valence-corrected chi connectivity index (χ0v) is 26.0. The Balaban J connectivity index is 1.07. The van der Waals surface area contributed by atoms with E-state index in [2.05, 4.69) is 143 Å². The van der Waals surface area contributed by atoms with Crippen molar-refractivity contribution in [3.05, 3.63) is 129 Å². The molecule has 2 aliphatic heterocycles. The van der Waals surface area contributed by atoms with Crippen molar-refractivity contribution in [2.24, 2.45) is 0 Å². The summed E-state index contributed by atoms with van der Waals surface area (Å²) in [5, 5.41) is 19.9. The summed E-state index contributed by atoms with van der Waals surface area (Å²) in [5.74, 6) is 1.52. The van der Waals surface area contributed by atoms with Gasteiger partial charge >= 0.3 is 0 Å². The van der Waals surface area contributed by atoms with E-state index in [1.807, 2.05) is 0 Å². The molecule has 0 aliphatic carbocycles. The molecule has 0 unspecified atom stereocenters. The molecule has 6 heteroatoms. The van der Waals surface area contributed by atoms with Crippen molar-refractivity contribution < 1.29 is 0 Å². The number of nitrogens with zero attached hydrogens (tertiary/aromatic N) is 4. The highest BCUT2D eigenvalue weighted by atomic mass is 32.2. The number of allylic oxidation sites excluding steroid dienone is 2. The molecular weight excluding hydrogens is 577 g/mol. The van der Waals surface area contributed by atoms with Crippen molar-refractivity contribution in [1.29, 1.82) is 10.5 Å². The third-order valence-electron chi connectivity index (χ3n) is 7.75. The predicted octanol–water partition coefficient (Wildman–Crippen LogP) is 10.1. The van der Waals surface area contributed by atoms with Gasteiger partial charge in [0.25, 0.3) is 0 Å². The topological polar surface area (TPSA) is 54.1 Å². The van der Waals surface area contributed by atoms with E-state index in [9.17, 15) is 10.5 Å². The molecule has 0 radical (unpaired) electrons. The number of hydrogen-bond acceptors (Lipinski definition) is 6. The molecule has 0 amide bonds. The lowest BCUT2D eigenvalue weighted by Crippen LogP contribution is -2.20. The number of hydrogen-bond donors (Lipinski definition) is 0. The lowest BCUT2D eigenvalue weighted by atomic mass is 10.1. The van der Waals surface area contributed by atoms with Gasteiger partial charge in [-0.25, -0.2) is 0 Å². The summed E-state index contributed by atoms with van der Waals surface area (Å²) < 4.78 is 0. The van der Waals surface area contributed by atoms with Crippen LogP contribution in [0.15, 0.2) is 107 Å². The maximum Gasteiger partial charge on any atom is 0.109 e. The first-order chi connectivity index (χ1) is 21.8. The van der Waals surface area contributed by atoms with Crippen molar-refractivity contribution in [3.63, 3.8) is 0 Å². The third kappa shape index (κ3) is 6.48. The van der Waals surface area contributed by atoms with E-state index in [4.69, 9.17) is 0 Å². The van der Waals surface area contributed by atoms with Gasteiger partial charge in [0.2, 0.25) is 0 Å². The van der Waals surface area contributed by atoms with Gasteiger partial charge in [-0.15, -0.1) is 23.5 Å². The van der Waals surface area contributed by atoms with Gasteiger partial charge in [0.15, 0.2) is 0 Å². The molecule has 4 aromatic carbocycles. The fourth-order valence-corrected chi connectivity index (χ4v) is 7.48. The van der Waals surface area contributed by atoms with Crippen molar-refractivity contribution >= 4 is 70.6 Å². The summed E-state index contributed by atoms with van der Waals surface area (Å²) >= 11 is 2.99. The number of nitriles is 2. The minimum absolute atomic E-state index is 0.519. The average molecular weight is 609 g/mol. The Kier molecular flexibility index (Phi) is 9.53. The normalized spacial score (nSPS) is 13.3. The molecule has 0 spiro atoms. The summed E-state index contributed by atoms with van der Waals surface area (Å²) in [7, 11) is 0. The van der Waals surface area contributed by atoms with E-state index in [1.54, 1.807) is 0 Å². The quantitative estimate of drug-likeness (QED) is 0.132. The maximum atomic E-state index is 9.96. The van der Waals surface area contributed by atoms with Crippen molar-refractivity contribution in [1.82, 2.24) is 0 Å². The zero-order chi connectivity index (χ0) is 30.1. The Morgan fingerprint density at radius 3 is 1.07 bits per heavy atom. The first kappa shape index (κ1) is 29.5. The summed E-state index contributed by atoms with van der Waals surface area (Å²) in [6, 6.07) is 38.5. The van der Waals surface area contributed by atoms with Gasteiger partial charge in [0, 0.05) is 47.3 Å². The standard InChI is InChI=1S/C38H32N4S2/c39-27-37(43-25-9-23-41-33-15-5-1-11-29(33)19-20-30-12-2-6-16-34(30)41)38(28-40)44-26-10-24-42-35-17-7-3-13-31(35)21-22-32-14-4-8-18-36(32)42/h1-8,11-22H,9-10,23-26H2/b38-37-. The number of para-hydroxylation sites is 4. The summed E-state index contributed by atoms with van der Waals surface area (Å²) in [4.78, 5) is 5.78. The average Bonchev–Trinajstić information content (AvgIpc) is 3.34. The van der Waals surface area contributed by atoms with Crippen LogP contribution >= 0.6 is 23.5 Å². The molecule has 2 aliphatic rings. The molecule has 0 fully saturated rings. The number of thioether (sulfide) groups is 2. The lowest BCUT2D eigenvalue weighted by molar-refractivity contribution is 0.894. The number of anilines is 4. The predicted molar refractivity (Wildman–Crippen MR) is 190 cm³/mol. The fraction of sp³-hybridized carbons (Fsp3) is 0.158. The molecule has 0 N–H and O–H groups in total. The monoisotopic (exact) mass is 608 g/mol. The van der Waals surface area contributed by atoms with E-state index in [1.165, 1.54) is 68.5 Å². The summed E-state index contributed by atoms with van der Waals surface area (Å²) in [6.07, 6.45) is 10.5. The molecule has 4 nitrogen and oxygen atoms in total. The van der Waals surface area contributed by atoms with Gasteiger partial charge in [0.1, 0.15) is 21.9 Å². The minimum Gasteiger partial charge on any atom is -0.340 e. The Bertz CT molecular complexity index is 1590. The highest BCUT2D eigenvalue weighted by molar-refractivity contribution is 8.07. The first-order valence-electron chi connectivity index (χ1n) is 14.8. The molecule has 4 aromatic rings. The SMILES string of the molecule is N#C/C(SCCCN1c2ccccc2C=Cc2ccccc21)=C(\C#N)SCCCN1c2ccccc2C=Cc2ccccc21. The summed E-state index contributed by atoms with van der Waals surface area (Å²) in [6.45, 7) is 1.65. The Labute approximate surface area is 268 Å². The van der Waals surface area contributed by atoms with E-state index < -0.39 is 0 Å². The van der Waals surface area contributed by atoms with Crippen LogP contribution in [0.3, 0.4) is 0 Å². The lowest BCUT2D eigenvalue weighted by Gasteiger charge is -2.27. The van der Waals surface area contributed by atoms with Gasteiger partial charge in [-0.2, -0.15) is 10.5 Å². The van der Waals surface area contributed by atoms with E-state index in [0.717, 1.165) is 37.4 Å². The van der Waals surface area contributed by atoms with E-state index in [-0.39, 0.29) is 0 Å². The van der Waals surface area contributed by atoms with Crippen LogP contribution in [-0.4, -0.2) is 24.6 Å². The zero-order valence-electron chi connectivity index (χ0n) is 24.4. The second kappa shape index (κ2) is 14.2. The van der Waals surface area contributed by atoms with Crippen LogP contribution in [0.4, 0.5) is 22.7 Å². The molecule has 0 saturated heterocycles. The first-order valence-corrected chi connectivity index (χ1v) is 16.8. The molecule has 0 aromatic heterocycles. The smallest absolute Gasteiger partial charge is 0.109 e. The highest BCUT2D eigenvalue weighted by Crippen LogP contribution is 2.38. The third-order valence-corrected chi connectivity index (χ3v) is 10.0. The Morgan fingerprint density at radius 1 is 0.477 bits per heavy atom. The van der Waals surface area contributed by atoms with E-state index >= 15 is 0 Å². The van der Waals surface area contributed by atoms with Crippen LogP contribution in [0.1, 0.15) is 35.1 Å². The van der Waals surface area contributed by atoms with Gasteiger partial charge in [-0.05, 0) is 59.4 Å². The molecule has 44 heavy (non-hydrogen) atoms. The van der Waals surface area contributed by atoms with Gasteiger partial charge in [0.05, 0.1) is 0 Å². The Morgan fingerprint density at radius 2 is 0.773 bits per heavy atom. The molecule has 6 rings (SSSR count). The highest BCUT2D eigenvalue weighted by Gasteiger charge is 2.19. The van der Waals surface area contributed by atoms with Crippen molar-refractivity contribution in [3.8, 4) is 12.1 Å². The fourth-order valence-electron chi connectivity index (χ4n) is 5.69. The van der Waals surface area contributed by atoms with Crippen LogP contribution in [0, 0.1) is 22.7 Å². The van der Waals surface area contributed by atoms with Gasteiger partial charge in [-0.3, -0.25) is 0 Å². The van der Waals surface area contributed by atoms with E-state index in [0.29, 0.717) is 9.81 Å². The second-order valence-corrected chi connectivity index (χ2v) is 12.7. The van der Waals surface area contributed by atoms with Crippen LogP contribution in [0.25, 0.3) is 24.3 Å². The van der Waals surface area contributed by atoms with Crippen LogP contribution < -0.4 is 9.80 Å². The molecule has 0 atom stereocenters. The second-order valence-electron chi connectivity index (χ2n) is 10.5. The molecule has 0 saturated carbocycles. The molecule has 2 heterocycles. The number of fused-ring (bicyclic) bond motifs is 4. The van der Waals surface area contributed by atoms with Crippen molar-refractivity contribution in [2.75, 3.05) is 34.4 Å². The van der Waals surface area contributed by atoms with Crippen LogP contribution in [0.5, 0.6) is 0 Å². The minimum atomic E-state index is 0.519. The molecule has 0 bridgehead atoms. The number of benzene rings is 4. The van der Waals surface area contributed by atoms with Crippen LogP contribution in [0.2, 0.25) is 0 Å². The largest absolute Gasteiger partial charge is 0.340 e. The molecule has 216 valence electrons. The van der Waals surface area contributed by atoms with Crippen molar-refractivity contribution in [2.45, 2.75) is 12.8 Å². The van der Waals surface area contributed by atoms with Gasteiger partial charge < -0.3 is 9.80 Å². The molecular formula is C38H32N4S2. The Hall–Kier alpha value is -4.62. The maximum absolute atomic E-state index is 9.96. The van der Waals surface area contributed by atoms with Gasteiger partial charge in [-0.1, -0.05) is 97.1 Å². The summed E-state index contributed by atoms with van der Waals surface area (Å²) in [5.41, 5.74) is 9.53.